The van der Waals surface area contributed by atoms with Crippen LogP contribution in [-0.4, -0.2) is 31.6 Å². The molecule has 0 radical (unpaired) electrons. The molecule has 0 saturated carbocycles. The van der Waals surface area contributed by atoms with E-state index in [1.807, 2.05) is 17.8 Å². The Hall–Kier alpha value is -0.870. The molecule has 1 atom stereocenters. The third-order valence-electron chi connectivity index (χ3n) is 2.99. The lowest BCUT2D eigenvalue weighted by Gasteiger charge is -2.19. The molecule has 1 aliphatic rings. The Bertz CT molecular complexity index is 398. The van der Waals surface area contributed by atoms with E-state index in [4.69, 9.17) is 9.47 Å². The van der Waals surface area contributed by atoms with Gasteiger partial charge in [0.2, 0.25) is 0 Å². The molecule has 4 heteroatoms. The third-order valence-corrected chi connectivity index (χ3v) is 4.08. The first-order valence-corrected chi connectivity index (χ1v) is 7.94. The number of fused-ring (bicyclic) bond motifs is 1. The molecule has 0 amide bonds. The van der Waals surface area contributed by atoms with Crippen molar-refractivity contribution >= 4 is 11.8 Å². The number of ether oxygens (including phenoxy) is 2. The number of thioether (sulfide) groups is 1. The Labute approximate surface area is 120 Å². The van der Waals surface area contributed by atoms with Crippen molar-refractivity contribution in [2.45, 2.75) is 36.8 Å². The van der Waals surface area contributed by atoms with Gasteiger partial charge in [-0.25, -0.2) is 0 Å². The molecular formula is C15H23NO2S. The summed E-state index contributed by atoms with van der Waals surface area (Å²) in [5.74, 6) is 1.74. The van der Waals surface area contributed by atoms with Crippen LogP contribution in [0.2, 0.25) is 0 Å². The van der Waals surface area contributed by atoms with Crippen molar-refractivity contribution in [3.05, 3.63) is 18.2 Å². The average Bonchev–Trinajstić information content (AvgIpc) is 2.43. The predicted octanol–water partition coefficient (Wildman–Crippen LogP) is 3.33. The van der Waals surface area contributed by atoms with Crippen molar-refractivity contribution in [3.8, 4) is 11.5 Å². The molecule has 0 bridgehead atoms. The maximum Gasteiger partial charge on any atom is 0.162 e. The molecule has 1 aromatic rings. The van der Waals surface area contributed by atoms with Crippen LogP contribution in [0, 0.1) is 0 Å². The molecule has 0 aliphatic carbocycles. The zero-order chi connectivity index (χ0) is 13.5. The molecular weight excluding hydrogens is 258 g/mol. The summed E-state index contributed by atoms with van der Waals surface area (Å²) in [6.45, 7) is 7.92. The van der Waals surface area contributed by atoms with Crippen LogP contribution in [0.5, 0.6) is 11.5 Å². The van der Waals surface area contributed by atoms with E-state index in [1.54, 1.807) is 0 Å². The van der Waals surface area contributed by atoms with Crippen molar-refractivity contribution in [3.63, 3.8) is 0 Å². The van der Waals surface area contributed by atoms with E-state index in [-0.39, 0.29) is 0 Å². The molecule has 1 aromatic carbocycles. The van der Waals surface area contributed by atoms with E-state index in [0.29, 0.717) is 18.5 Å². The van der Waals surface area contributed by atoms with Gasteiger partial charge in [-0.3, -0.25) is 0 Å². The van der Waals surface area contributed by atoms with Crippen LogP contribution in [0.15, 0.2) is 23.1 Å². The van der Waals surface area contributed by atoms with Crippen LogP contribution >= 0.6 is 11.8 Å². The minimum atomic E-state index is 0.555. The van der Waals surface area contributed by atoms with Gasteiger partial charge in [-0.15, -0.1) is 11.8 Å². The second-order valence-electron chi connectivity index (χ2n) is 4.79. The number of unbranched alkanes of at least 4 members (excludes halogenated alkanes) is 1. The Balaban J connectivity index is 1.81. The number of hydrogen-bond acceptors (Lipinski definition) is 4. The zero-order valence-electron chi connectivity index (χ0n) is 11.8. The molecule has 0 fully saturated rings. The normalized spacial score (nSPS) is 15.3. The summed E-state index contributed by atoms with van der Waals surface area (Å²) in [6, 6.07) is 6.20. The van der Waals surface area contributed by atoms with Gasteiger partial charge in [0.05, 0.1) is 0 Å². The van der Waals surface area contributed by atoms with Gasteiger partial charge in [-0.2, -0.15) is 0 Å². The third kappa shape index (κ3) is 4.62. The van der Waals surface area contributed by atoms with Crippen molar-refractivity contribution in [1.82, 2.24) is 5.32 Å². The van der Waals surface area contributed by atoms with Crippen molar-refractivity contribution in [2.75, 3.05) is 26.3 Å². The molecule has 0 spiro atoms. The first kappa shape index (κ1) is 14.5. The summed E-state index contributed by atoms with van der Waals surface area (Å²) in [4.78, 5) is 1.24. The lowest BCUT2D eigenvalue weighted by Crippen LogP contribution is -2.23. The molecule has 19 heavy (non-hydrogen) atoms. The molecule has 1 heterocycles. The summed E-state index contributed by atoms with van der Waals surface area (Å²) in [6.07, 6.45) is 2.50. The maximum absolute atomic E-state index is 5.60. The monoisotopic (exact) mass is 281 g/mol. The summed E-state index contributed by atoms with van der Waals surface area (Å²) >= 11 is 1.88. The van der Waals surface area contributed by atoms with Gasteiger partial charge in [-0.1, -0.05) is 20.3 Å². The van der Waals surface area contributed by atoms with Crippen LogP contribution in [0.1, 0.15) is 26.7 Å². The van der Waals surface area contributed by atoms with E-state index >= 15 is 0 Å². The zero-order valence-corrected chi connectivity index (χ0v) is 12.6. The van der Waals surface area contributed by atoms with Gasteiger partial charge >= 0.3 is 0 Å². The lowest BCUT2D eigenvalue weighted by molar-refractivity contribution is 0.171. The maximum atomic E-state index is 5.60. The lowest BCUT2D eigenvalue weighted by atomic mass is 10.3. The SMILES string of the molecule is CCCCNCC(C)Sc1ccc2c(c1)OCCO2. The van der Waals surface area contributed by atoms with Crippen molar-refractivity contribution < 1.29 is 9.47 Å². The van der Waals surface area contributed by atoms with E-state index in [9.17, 15) is 0 Å². The van der Waals surface area contributed by atoms with E-state index in [1.165, 1.54) is 17.7 Å². The Kier molecular flexibility index (Phi) is 5.86. The standard InChI is InChI=1S/C15H23NO2S/c1-3-4-7-16-11-12(2)19-13-5-6-14-15(10-13)18-9-8-17-14/h5-6,10,12,16H,3-4,7-9,11H2,1-2H3. The first-order chi connectivity index (χ1) is 9.29. The Morgan fingerprint density at radius 2 is 2.05 bits per heavy atom. The fraction of sp³-hybridized carbons (Fsp3) is 0.600. The summed E-state index contributed by atoms with van der Waals surface area (Å²) in [5.41, 5.74) is 0. The predicted molar refractivity (Wildman–Crippen MR) is 80.5 cm³/mol. The Morgan fingerprint density at radius 3 is 2.84 bits per heavy atom. The van der Waals surface area contributed by atoms with Gasteiger partial charge in [0.15, 0.2) is 11.5 Å². The van der Waals surface area contributed by atoms with Gasteiger partial charge < -0.3 is 14.8 Å². The van der Waals surface area contributed by atoms with Gasteiger partial charge in [0.25, 0.3) is 0 Å². The van der Waals surface area contributed by atoms with Crippen molar-refractivity contribution in [1.29, 1.82) is 0 Å². The van der Waals surface area contributed by atoms with Crippen LogP contribution in [0.4, 0.5) is 0 Å². The number of nitrogens with one attached hydrogen (secondary N) is 1. The fourth-order valence-electron chi connectivity index (χ4n) is 1.98. The largest absolute Gasteiger partial charge is 0.486 e. The van der Waals surface area contributed by atoms with Crippen LogP contribution < -0.4 is 14.8 Å². The topological polar surface area (TPSA) is 30.5 Å². The average molecular weight is 281 g/mol. The van der Waals surface area contributed by atoms with Gasteiger partial charge in [0.1, 0.15) is 13.2 Å². The van der Waals surface area contributed by atoms with Crippen LogP contribution in [-0.2, 0) is 0 Å². The van der Waals surface area contributed by atoms with Gasteiger partial charge in [0, 0.05) is 16.7 Å². The fourth-order valence-corrected chi connectivity index (χ4v) is 2.97. The minimum absolute atomic E-state index is 0.555. The van der Waals surface area contributed by atoms with E-state index in [0.717, 1.165) is 24.6 Å². The highest BCUT2D eigenvalue weighted by Gasteiger charge is 2.13. The molecule has 3 nitrogen and oxygen atoms in total. The number of rotatable bonds is 7. The van der Waals surface area contributed by atoms with E-state index in [2.05, 4.69) is 31.3 Å². The van der Waals surface area contributed by atoms with Crippen molar-refractivity contribution in [2.24, 2.45) is 0 Å². The van der Waals surface area contributed by atoms with Gasteiger partial charge in [-0.05, 0) is 31.2 Å². The van der Waals surface area contributed by atoms with Crippen LogP contribution in [0.3, 0.4) is 0 Å². The number of benzene rings is 1. The Morgan fingerprint density at radius 1 is 1.26 bits per heavy atom. The molecule has 2 rings (SSSR count). The summed E-state index contributed by atoms with van der Waals surface area (Å²) < 4.78 is 11.1. The molecule has 0 aromatic heterocycles. The molecule has 1 aliphatic heterocycles. The first-order valence-electron chi connectivity index (χ1n) is 7.06. The molecule has 1 N–H and O–H groups in total. The molecule has 106 valence electrons. The van der Waals surface area contributed by atoms with Crippen LogP contribution in [0.25, 0.3) is 0 Å². The van der Waals surface area contributed by atoms with E-state index < -0.39 is 0 Å². The molecule has 0 saturated heterocycles. The number of hydrogen-bond donors (Lipinski definition) is 1. The highest BCUT2D eigenvalue weighted by atomic mass is 32.2. The quantitative estimate of drug-likeness (QED) is 0.613. The summed E-state index contributed by atoms with van der Waals surface area (Å²) in [5, 5.41) is 4.05. The summed E-state index contributed by atoms with van der Waals surface area (Å²) in [7, 11) is 0. The molecule has 1 unspecified atom stereocenters. The highest BCUT2D eigenvalue weighted by Crippen LogP contribution is 2.35. The highest BCUT2D eigenvalue weighted by molar-refractivity contribution is 8.00. The smallest absolute Gasteiger partial charge is 0.162 e. The second-order valence-corrected chi connectivity index (χ2v) is 6.30. The minimum Gasteiger partial charge on any atom is -0.486 e. The second kappa shape index (κ2) is 7.65.